The van der Waals surface area contributed by atoms with Crippen LogP contribution in [0.2, 0.25) is 0 Å². The number of nitro groups is 1. The van der Waals surface area contributed by atoms with Gasteiger partial charge in [0.05, 0.1) is 10.6 Å². The largest absolute Gasteiger partial charge is 0.366 e. The molecule has 0 spiro atoms. The van der Waals surface area contributed by atoms with Gasteiger partial charge in [-0.25, -0.2) is 0 Å². The molecule has 1 aliphatic heterocycles. The van der Waals surface area contributed by atoms with Crippen molar-refractivity contribution < 1.29 is 9.72 Å². The Bertz CT molecular complexity index is 916. The number of piperidine rings is 1. The number of hydrogen-bond acceptors (Lipinski definition) is 5. The first kappa shape index (κ1) is 20.5. The summed E-state index contributed by atoms with van der Waals surface area (Å²) in [4.78, 5) is 25.6. The van der Waals surface area contributed by atoms with Gasteiger partial charge < -0.3 is 10.2 Å². The van der Waals surface area contributed by atoms with Crippen LogP contribution < -0.4 is 15.5 Å². The maximum absolute atomic E-state index is 12.5. The molecule has 0 bridgehead atoms. The van der Waals surface area contributed by atoms with Crippen molar-refractivity contribution in [2.45, 2.75) is 19.3 Å². The molecule has 0 unspecified atom stereocenters. The van der Waals surface area contributed by atoms with Crippen LogP contribution >= 0.6 is 34.8 Å². The lowest BCUT2D eigenvalue weighted by atomic mass is 10.1. The number of rotatable bonds is 4. The highest BCUT2D eigenvalue weighted by Gasteiger charge is 2.23. The highest BCUT2D eigenvalue weighted by Crippen LogP contribution is 2.31. The number of nitrogens with one attached hydrogen (secondary N) is 2. The van der Waals surface area contributed by atoms with Crippen molar-refractivity contribution in [1.29, 1.82) is 0 Å². The number of hydrogen-bond donors (Lipinski definition) is 2. The van der Waals surface area contributed by atoms with Crippen LogP contribution in [-0.4, -0.2) is 29.0 Å². The Morgan fingerprint density at radius 2 is 1.86 bits per heavy atom. The zero-order valence-electron chi connectivity index (χ0n) is 15.0. The average Bonchev–Trinajstić information content (AvgIpc) is 2.70. The van der Waals surface area contributed by atoms with E-state index < -0.39 is 10.8 Å². The molecule has 146 valence electrons. The first-order chi connectivity index (χ1) is 13.5. The van der Waals surface area contributed by atoms with E-state index in [2.05, 4.69) is 33.2 Å². The summed E-state index contributed by atoms with van der Waals surface area (Å²) in [5.41, 5.74) is 1.46. The summed E-state index contributed by atoms with van der Waals surface area (Å²) >= 11 is 7.36. The van der Waals surface area contributed by atoms with Crippen molar-refractivity contribution >= 4 is 62.9 Å². The van der Waals surface area contributed by atoms with Crippen molar-refractivity contribution in [2.24, 2.45) is 0 Å². The fourth-order valence-electron chi connectivity index (χ4n) is 3.10. The number of benzene rings is 2. The topological polar surface area (TPSA) is 87.5 Å². The summed E-state index contributed by atoms with van der Waals surface area (Å²) in [5, 5.41) is 17.2. The third kappa shape index (κ3) is 4.96. The number of carbonyl (C=O) groups excluding carboxylic acids is 1. The zero-order chi connectivity index (χ0) is 20.1. The van der Waals surface area contributed by atoms with Gasteiger partial charge in [0.1, 0.15) is 5.69 Å². The molecule has 28 heavy (non-hydrogen) atoms. The van der Waals surface area contributed by atoms with Gasteiger partial charge in [-0.05, 0) is 78.3 Å². The number of carbonyl (C=O) groups is 1. The normalized spacial score (nSPS) is 13.7. The zero-order valence-corrected chi connectivity index (χ0v) is 18.0. The maximum atomic E-state index is 12.5. The highest BCUT2D eigenvalue weighted by atomic mass is 127. The third-order valence-corrected chi connectivity index (χ3v) is 5.62. The van der Waals surface area contributed by atoms with E-state index in [-0.39, 0.29) is 16.4 Å². The molecule has 1 fully saturated rings. The highest BCUT2D eigenvalue weighted by molar-refractivity contribution is 14.1. The minimum absolute atomic E-state index is 0.0639. The van der Waals surface area contributed by atoms with Crippen molar-refractivity contribution in [1.82, 2.24) is 5.32 Å². The SMILES string of the molecule is O=C(NC(=S)Nc1ccccc1I)c1ccc(N2CCCCC2)c([N+](=O)[O-])c1. The Morgan fingerprint density at radius 3 is 2.54 bits per heavy atom. The minimum Gasteiger partial charge on any atom is -0.366 e. The van der Waals surface area contributed by atoms with Crippen LogP contribution in [0.1, 0.15) is 29.6 Å². The molecule has 7 nitrogen and oxygen atoms in total. The fraction of sp³-hybridized carbons (Fsp3) is 0.263. The Morgan fingerprint density at radius 1 is 1.14 bits per heavy atom. The predicted octanol–water partition coefficient (Wildman–Crippen LogP) is 4.32. The summed E-state index contributed by atoms with van der Waals surface area (Å²) in [6, 6.07) is 12.1. The maximum Gasteiger partial charge on any atom is 0.293 e. The van der Waals surface area contributed by atoms with Crippen LogP contribution in [0.5, 0.6) is 0 Å². The van der Waals surface area contributed by atoms with E-state index in [4.69, 9.17) is 12.2 Å². The van der Waals surface area contributed by atoms with Crippen LogP contribution in [-0.2, 0) is 0 Å². The molecular weight excluding hydrogens is 491 g/mol. The molecule has 0 atom stereocenters. The van der Waals surface area contributed by atoms with Gasteiger partial charge in [0.2, 0.25) is 0 Å². The van der Waals surface area contributed by atoms with Gasteiger partial charge in [0.25, 0.3) is 11.6 Å². The van der Waals surface area contributed by atoms with E-state index in [0.29, 0.717) is 5.69 Å². The molecule has 2 aromatic carbocycles. The molecule has 1 saturated heterocycles. The molecular formula is C19H19IN4O3S. The van der Waals surface area contributed by atoms with Gasteiger partial charge in [0, 0.05) is 28.3 Å². The smallest absolute Gasteiger partial charge is 0.293 e. The number of para-hydroxylation sites is 1. The van der Waals surface area contributed by atoms with Gasteiger partial charge in [0.15, 0.2) is 5.11 Å². The van der Waals surface area contributed by atoms with E-state index in [9.17, 15) is 14.9 Å². The second kappa shape index (κ2) is 9.28. The lowest BCUT2D eigenvalue weighted by Crippen LogP contribution is -2.34. The number of amides is 1. The van der Waals surface area contributed by atoms with Gasteiger partial charge in [-0.1, -0.05) is 12.1 Å². The average molecular weight is 510 g/mol. The van der Waals surface area contributed by atoms with E-state index in [1.165, 1.54) is 6.07 Å². The molecule has 1 aliphatic rings. The Hall–Kier alpha value is -2.27. The van der Waals surface area contributed by atoms with E-state index in [1.54, 1.807) is 12.1 Å². The second-order valence-corrected chi connectivity index (χ2v) is 7.97. The number of anilines is 2. The van der Waals surface area contributed by atoms with Gasteiger partial charge in [-0.3, -0.25) is 20.2 Å². The molecule has 3 rings (SSSR count). The summed E-state index contributed by atoms with van der Waals surface area (Å²) < 4.78 is 0.957. The third-order valence-electron chi connectivity index (χ3n) is 4.48. The lowest BCUT2D eigenvalue weighted by Gasteiger charge is -2.28. The molecule has 2 N–H and O–H groups in total. The second-order valence-electron chi connectivity index (χ2n) is 6.40. The summed E-state index contributed by atoms with van der Waals surface area (Å²) in [6.45, 7) is 1.58. The molecule has 0 saturated carbocycles. The molecule has 0 radical (unpaired) electrons. The van der Waals surface area contributed by atoms with Crippen molar-refractivity contribution in [3.8, 4) is 0 Å². The number of nitrogens with zero attached hydrogens (tertiary/aromatic N) is 2. The Kier molecular flexibility index (Phi) is 6.79. The molecule has 1 heterocycles. The van der Waals surface area contributed by atoms with Crippen molar-refractivity contribution in [3.63, 3.8) is 0 Å². The van der Waals surface area contributed by atoms with Crippen LogP contribution in [0.15, 0.2) is 42.5 Å². The fourth-order valence-corrected chi connectivity index (χ4v) is 3.83. The monoisotopic (exact) mass is 510 g/mol. The van der Waals surface area contributed by atoms with Crippen LogP contribution in [0.3, 0.4) is 0 Å². The standard InChI is InChI=1S/C19H19IN4O3S/c20-14-6-2-3-7-15(14)21-19(28)22-18(25)13-8-9-16(17(12-13)24(26)27)23-10-4-1-5-11-23/h2-3,6-9,12H,1,4-5,10-11H2,(H2,21,22,25,28). The first-order valence-electron chi connectivity index (χ1n) is 8.86. The predicted molar refractivity (Wildman–Crippen MR) is 122 cm³/mol. The summed E-state index contributed by atoms with van der Waals surface area (Å²) in [6.07, 6.45) is 3.16. The lowest BCUT2D eigenvalue weighted by molar-refractivity contribution is -0.384. The van der Waals surface area contributed by atoms with Crippen LogP contribution in [0, 0.1) is 13.7 Å². The Labute approximate surface area is 181 Å². The molecule has 1 amide bonds. The van der Waals surface area contributed by atoms with Gasteiger partial charge >= 0.3 is 0 Å². The number of nitro benzene ring substituents is 1. The Balaban J connectivity index is 1.74. The number of thiocarbonyl (C=S) groups is 1. The van der Waals surface area contributed by atoms with E-state index in [1.807, 2.05) is 29.2 Å². The molecule has 0 aliphatic carbocycles. The molecule has 9 heteroatoms. The first-order valence-corrected chi connectivity index (χ1v) is 10.3. The quantitative estimate of drug-likeness (QED) is 0.276. The van der Waals surface area contributed by atoms with Crippen molar-refractivity contribution in [3.05, 3.63) is 61.7 Å². The van der Waals surface area contributed by atoms with E-state index >= 15 is 0 Å². The van der Waals surface area contributed by atoms with E-state index in [0.717, 1.165) is 41.6 Å². The summed E-state index contributed by atoms with van der Waals surface area (Å²) in [7, 11) is 0. The summed E-state index contributed by atoms with van der Waals surface area (Å²) in [5.74, 6) is -0.489. The van der Waals surface area contributed by atoms with Gasteiger partial charge in [-0.15, -0.1) is 0 Å². The van der Waals surface area contributed by atoms with Crippen LogP contribution in [0.25, 0.3) is 0 Å². The van der Waals surface area contributed by atoms with Gasteiger partial charge in [-0.2, -0.15) is 0 Å². The molecule has 2 aromatic rings. The molecule has 0 aromatic heterocycles. The number of halogens is 1. The van der Waals surface area contributed by atoms with Crippen molar-refractivity contribution in [2.75, 3.05) is 23.3 Å². The minimum atomic E-state index is -0.489. The van der Waals surface area contributed by atoms with Crippen LogP contribution in [0.4, 0.5) is 17.1 Å².